The number of hydrogen-bond acceptors (Lipinski definition) is 6. The van der Waals surface area contributed by atoms with Crippen LogP contribution in [-0.4, -0.2) is 68.7 Å². The minimum atomic E-state index is 0.0422. The molecule has 33 heavy (non-hydrogen) atoms. The highest BCUT2D eigenvalue weighted by molar-refractivity contribution is 6.30. The van der Waals surface area contributed by atoms with Crippen LogP contribution >= 0.6 is 11.6 Å². The summed E-state index contributed by atoms with van der Waals surface area (Å²) in [4.78, 5) is 26.2. The van der Waals surface area contributed by atoms with Gasteiger partial charge in [0, 0.05) is 49.2 Å². The molecule has 1 atom stereocenters. The Labute approximate surface area is 198 Å². The molecular formula is C24H27ClN6O2. The first kappa shape index (κ1) is 21.9. The van der Waals surface area contributed by atoms with Crippen LogP contribution in [0.2, 0.25) is 5.02 Å². The third-order valence-electron chi connectivity index (χ3n) is 6.46. The van der Waals surface area contributed by atoms with Crippen LogP contribution in [0.4, 0.5) is 0 Å². The van der Waals surface area contributed by atoms with Gasteiger partial charge in [-0.25, -0.2) is 4.98 Å². The summed E-state index contributed by atoms with van der Waals surface area (Å²) in [5.41, 5.74) is 1.48. The highest BCUT2D eigenvalue weighted by Crippen LogP contribution is 2.34. The summed E-state index contributed by atoms with van der Waals surface area (Å²) in [5.74, 6) is 1.34. The largest absolute Gasteiger partial charge is 0.437 e. The second-order valence-electron chi connectivity index (χ2n) is 8.79. The average Bonchev–Trinajstić information content (AvgIpc) is 3.48. The van der Waals surface area contributed by atoms with Gasteiger partial charge in [0.15, 0.2) is 0 Å². The number of benzene rings is 1. The molecule has 3 aromatic rings. The van der Waals surface area contributed by atoms with Gasteiger partial charge in [0.05, 0.1) is 17.8 Å². The van der Waals surface area contributed by atoms with Gasteiger partial charge in [-0.15, -0.1) is 0 Å². The maximum atomic E-state index is 13.1. The van der Waals surface area contributed by atoms with E-state index in [4.69, 9.17) is 16.3 Å². The number of halogens is 1. The Morgan fingerprint density at radius 1 is 1.12 bits per heavy atom. The number of likely N-dealkylation sites (N-methyl/N-ethyl adjacent to an activating group) is 1. The van der Waals surface area contributed by atoms with Crippen LogP contribution in [0.25, 0.3) is 0 Å². The molecule has 8 nitrogen and oxygen atoms in total. The van der Waals surface area contributed by atoms with Crippen molar-refractivity contribution in [3.05, 3.63) is 65.3 Å². The van der Waals surface area contributed by atoms with Crippen LogP contribution < -0.4 is 4.74 Å². The first-order valence-corrected chi connectivity index (χ1v) is 11.7. The topological polar surface area (TPSA) is 76.4 Å². The Hall–Kier alpha value is -2.97. The van der Waals surface area contributed by atoms with Gasteiger partial charge in [0.1, 0.15) is 11.4 Å². The van der Waals surface area contributed by atoms with E-state index in [1.807, 2.05) is 27.9 Å². The second-order valence-corrected chi connectivity index (χ2v) is 9.22. The molecule has 4 heterocycles. The number of aromatic nitrogens is 4. The van der Waals surface area contributed by atoms with Crippen LogP contribution in [0.3, 0.4) is 0 Å². The van der Waals surface area contributed by atoms with Crippen LogP contribution in [0, 0.1) is 0 Å². The van der Waals surface area contributed by atoms with Gasteiger partial charge in [-0.2, -0.15) is 5.10 Å². The summed E-state index contributed by atoms with van der Waals surface area (Å²) >= 11 is 6.08. The highest BCUT2D eigenvalue weighted by atomic mass is 35.5. The molecule has 2 saturated heterocycles. The fraction of sp³-hybridized carbons (Fsp3) is 0.417. The van der Waals surface area contributed by atoms with E-state index >= 15 is 0 Å². The molecule has 0 spiro atoms. The number of carbonyl (C=O) groups excluding carboxylic acids is 1. The molecule has 2 aliphatic rings. The molecular weight excluding hydrogens is 440 g/mol. The van der Waals surface area contributed by atoms with Crippen molar-refractivity contribution in [3.63, 3.8) is 0 Å². The first-order chi connectivity index (χ1) is 16.1. The van der Waals surface area contributed by atoms with Crippen LogP contribution in [0.5, 0.6) is 11.6 Å². The SMILES string of the molecule is CN1CC[C@@H](n2cc(C(=O)N3CCC(c4nccnc4Oc4cccc(Cl)c4)CC3)cn2)C1. The smallest absolute Gasteiger partial charge is 0.257 e. The lowest BCUT2D eigenvalue weighted by atomic mass is 9.93. The number of amides is 1. The summed E-state index contributed by atoms with van der Waals surface area (Å²) in [6, 6.07) is 7.58. The molecule has 5 rings (SSSR count). The van der Waals surface area contributed by atoms with Crippen molar-refractivity contribution < 1.29 is 9.53 Å². The van der Waals surface area contributed by atoms with Crippen LogP contribution in [0.1, 0.15) is 47.3 Å². The van der Waals surface area contributed by atoms with Crippen LogP contribution in [0.15, 0.2) is 49.1 Å². The van der Waals surface area contributed by atoms with Gasteiger partial charge in [-0.3, -0.25) is 14.5 Å². The van der Waals surface area contributed by atoms with E-state index in [1.54, 1.807) is 30.7 Å². The predicted molar refractivity (Wildman–Crippen MR) is 125 cm³/mol. The number of piperidine rings is 1. The molecule has 0 bridgehead atoms. The molecule has 172 valence electrons. The first-order valence-electron chi connectivity index (χ1n) is 11.3. The Morgan fingerprint density at radius 3 is 2.70 bits per heavy atom. The normalized spacial score (nSPS) is 19.7. The van der Waals surface area contributed by atoms with Crippen molar-refractivity contribution in [2.45, 2.75) is 31.2 Å². The summed E-state index contributed by atoms with van der Waals surface area (Å²) in [6.07, 6.45) is 9.59. The third kappa shape index (κ3) is 4.86. The van der Waals surface area contributed by atoms with Crippen molar-refractivity contribution in [2.24, 2.45) is 0 Å². The number of likely N-dealkylation sites (tertiary alicyclic amines) is 2. The molecule has 2 aromatic heterocycles. The fourth-order valence-electron chi connectivity index (χ4n) is 4.65. The molecule has 0 radical (unpaired) electrons. The van der Waals surface area contributed by atoms with Gasteiger partial charge in [-0.1, -0.05) is 17.7 Å². The highest BCUT2D eigenvalue weighted by Gasteiger charge is 2.29. The Morgan fingerprint density at radius 2 is 1.94 bits per heavy atom. The number of hydrogen-bond donors (Lipinski definition) is 0. The minimum absolute atomic E-state index is 0.0422. The number of rotatable bonds is 5. The third-order valence-corrected chi connectivity index (χ3v) is 6.69. The van der Waals surface area contributed by atoms with E-state index < -0.39 is 0 Å². The number of nitrogens with zero attached hydrogens (tertiary/aromatic N) is 6. The lowest BCUT2D eigenvalue weighted by Crippen LogP contribution is -2.38. The van der Waals surface area contributed by atoms with E-state index in [0.717, 1.165) is 38.0 Å². The van der Waals surface area contributed by atoms with E-state index in [1.165, 1.54) is 0 Å². The quantitative estimate of drug-likeness (QED) is 0.565. The standard InChI is InChI=1S/C24H27ClN6O2/c1-29-10-7-20(16-29)31-15-18(14-28-31)24(32)30-11-5-17(6-12-30)22-23(27-9-8-26-22)33-21-4-2-3-19(25)13-21/h2-4,8-9,13-15,17,20H,5-7,10-12,16H2,1H3/t20-/m1/s1. The minimum Gasteiger partial charge on any atom is -0.437 e. The molecule has 9 heteroatoms. The van der Waals surface area contributed by atoms with Crippen molar-refractivity contribution in [2.75, 3.05) is 33.2 Å². The van der Waals surface area contributed by atoms with E-state index in [2.05, 4.69) is 27.0 Å². The maximum Gasteiger partial charge on any atom is 0.257 e. The Balaban J connectivity index is 1.23. The van der Waals surface area contributed by atoms with Gasteiger partial charge >= 0.3 is 0 Å². The van der Waals surface area contributed by atoms with Crippen molar-refractivity contribution in [3.8, 4) is 11.6 Å². The van der Waals surface area contributed by atoms with Gasteiger partial charge in [0.2, 0.25) is 5.88 Å². The summed E-state index contributed by atoms with van der Waals surface area (Å²) < 4.78 is 7.94. The molecule has 0 unspecified atom stereocenters. The molecule has 2 fully saturated rings. The van der Waals surface area contributed by atoms with E-state index in [0.29, 0.717) is 41.3 Å². The summed E-state index contributed by atoms with van der Waals surface area (Å²) in [7, 11) is 2.11. The second kappa shape index (κ2) is 9.49. The van der Waals surface area contributed by atoms with Crippen molar-refractivity contribution in [1.29, 1.82) is 0 Å². The van der Waals surface area contributed by atoms with E-state index in [9.17, 15) is 4.79 Å². The maximum absolute atomic E-state index is 13.1. The summed E-state index contributed by atoms with van der Waals surface area (Å²) in [5, 5.41) is 5.07. The van der Waals surface area contributed by atoms with Crippen LogP contribution in [-0.2, 0) is 0 Å². The van der Waals surface area contributed by atoms with Gasteiger partial charge < -0.3 is 14.5 Å². The molecule has 0 saturated carbocycles. The lowest BCUT2D eigenvalue weighted by molar-refractivity contribution is 0.0711. The molecule has 0 aliphatic carbocycles. The Bertz CT molecular complexity index is 1130. The fourth-order valence-corrected chi connectivity index (χ4v) is 4.83. The van der Waals surface area contributed by atoms with Gasteiger partial charge in [-0.05, 0) is 51.1 Å². The van der Waals surface area contributed by atoms with Crippen molar-refractivity contribution >= 4 is 17.5 Å². The zero-order valence-electron chi connectivity index (χ0n) is 18.6. The predicted octanol–water partition coefficient (Wildman–Crippen LogP) is 4.02. The van der Waals surface area contributed by atoms with Gasteiger partial charge in [0.25, 0.3) is 5.91 Å². The van der Waals surface area contributed by atoms with Crippen molar-refractivity contribution in [1.82, 2.24) is 29.5 Å². The summed E-state index contributed by atoms with van der Waals surface area (Å²) in [6.45, 7) is 3.35. The molecule has 2 aliphatic heterocycles. The lowest BCUT2D eigenvalue weighted by Gasteiger charge is -2.31. The molecule has 1 amide bonds. The average molecular weight is 467 g/mol. The number of carbonyl (C=O) groups is 1. The molecule has 0 N–H and O–H groups in total. The Kier molecular flexibility index (Phi) is 6.28. The molecule has 1 aromatic carbocycles. The zero-order valence-corrected chi connectivity index (χ0v) is 19.4. The number of ether oxygens (including phenoxy) is 1. The monoisotopic (exact) mass is 466 g/mol. The van der Waals surface area contributed by atoms with E-state index in [-0.39, 0.29) is 11.8 Å². The zero-order chi connectivity index (χ0) is 22.8.